The van der Waals surface area contributed by atoms with Crippen molar-refractivity contribution in [1.82, 2.24) is 14.8 Å². The Hall–Kier alpha value is -3.24. The van der Waals surface area contributed by atoms with Gasteiger partial charge in [0.2, 0.25) is 0 Å². The van der Waals surface area contributed by atoms with Crippen LogP contribution in [0.4, 0.5) is 0 Å². The molecule has 1 aromatic carbocycles. The zero-order chi connectivity index (χ0) is 24.6. The predicted molar refractivity (Wildman–Crippen MR) is 136 cm³/mol. The van der Waals surface area contributed by atoms with Crippen molar-refractivity contribution in [3.05, 3.63) is 63.0 Å². The molecule has 0 aliphatic carbocycles. The molecule has 0 saturated heterocycles. The van der Waals surface area contributed by atoms with Crippen LogP contribution >= 0.6 is 11.3 Å². The molecule has 34 heavy (non-hydrogen) atoms. The van der Waals surface area contributed by atoms with E-state index >= 15 is 0 Å². The lowest BCUT2D eigenvalue weighted by atomic mass is 9.98. The van der Waals surface area contributed by atoms with Crippen molar-refractivity contribution >= 4 is 23.0 Å². The molecule has 1 aliphatic rings. The molecule has 3 aromatic rings. The first-order chi connectivity index (χ1) is 16.1. The number of thiophene rings is 1. The van der Waals surface area contributed by atoms with Crippen LogP contribution in [0.1, 0.15) is 85.4 Å². The van der Waals surface area contributed by atoms with Crippen LogP contribution in [0.15, 0.2) is 29.3 Å². The van der Waals surface area contributed by atoms with Crippen molar-refractivity contribution < 1.29 is 9.53 Å². The summed E-state index contributed by atoms with van der Waals surface area (Å²) in [6, 6.07) is 7.64. The molecule has 0 radical (unpaired) electrons. The number of rotatable bonds is 3. The molecule has 7 heteroatoms. The van der Waals surface area contributed by atoms with Crippen molar-refractivity contribution in [2.75, 3.05) is 0 Å². The number of hydrogen-bond acceptors (Lipinski definition) is 6. The van der Waals surface area contributed by atoms with Gasteiger partial charge in [0, 0.05) is 28.0 Å². The van der Waals surface area contributed by atoms with Crippen molar-refractivity contribution in [2.45, 2.75) is 73.0 Å². The van der Waals surface area contributed by atoms with Gasteiger partial charge in [0.25, 0.3) is 0 Å². The average Bonchev–Trinajstić information content (AvgIpc) is 3.24. The van der Waals surface area contributed by atoms with Gasteiger partial charge in [-0.25, -0.2) is 0 Å². The highest BCUT2D eigenvalue weighted by Gasteiger charge is 2.33. The molecule has 1 aliphatic heterocycles. The monoisotopic (exact) mass is 474 g/mol. The van der Waals surface area contributed by atoms with E-state index in [9.17, 15) is 4.79 Å². The maximum Gasteiger partial charge on any atom is 0.308 e. The van der Waals surface area contributed by atoms with E-state index in [4.69, 9.17) is 9.73 Å². The van der Waals surface area contributed by atoms with Crippen LogP contribution in [-0.4, -0.2) is 32.0 Å². The number of hydrogen-bond donors (Lipinski definition) is 0. The lowest BCUT2D eigenvalue weighted by Gasteiger charge is -2.21. The van der Waals surface area contributed by atoms with E-state index in [-0.39, 0.29) is 12.4 Å². The molecule has 6 nitrogen and oxygen atoms in total. The summed E-state index contributed by atoms with van der Waals surface area (Å²) in [4.78, 5) is 19.2. The fourth-order valence-corrected chi connectivity index (χ4v) is 5.18. The molecular formula is C27H30N4O2S. The molecule has 1 atom stereocenters. The Balaban J connectivity index is 1.88. The van der Waals surface area contributed by atoms with Gasteiger partial charge >= 0.3 is 5.97 Å². The Morgan fingerprint density at radius 2 is 1.85 bits per heavy atom. The summed E-state index contributed by atoms with van der Waals surface area (Å²) in [7, 11) is 0. The van der Waals surface area contributed by atoms with Gasteiger partial charge in [0.05, 0.1) is 12.1 Å². The van der Waals surface area contributed by atoms with E-state index in [2.05, 4.69) is 48.0 Å². The van der Waals surface area contributed by atoms with E-state index in [1.165, 1.54) is 10.4 Å². The number of esters is 1. The van der Waals surface area contributed by atoms with Gasteiger partial charge in [0.15, 0.2) is 5.82 Å². The number of aliphatic imine (C=N–C) groups is 1. The van der Waals surface area contributed by atoms with Gasteiger partial charge in [0.1, 0.15) is 22.5 Å². The molecule has 176 valence electrons. The Morgan fingerprint density at radius 1 is 1.15 bits per heavy atom. The Morgan fingerprint density at radius 3 is 2.50 bits per heavy atom. The number of ether oxygens (including phenoxy) is 1. The minimum atomic E-state index is -0.570. The van der Waals surface area contributed by atoms with Crippen LogP contribution in [-0.2, 0) is 9.53 Å². The van der Waals surface area contributed by atoms with Gasteiger partial charge in [-0.3, -0.25) is 14.4 Å². The Kier molecular flexibility index (Phi) is 6.46. The Bertz CT molecular complexity index is 1330. The second-order valence-electron chi connectivity index (χ2n) is 9.42. The minimum Gasteiger partial charge on any atom is -0.460 e. The minimum absolute atomic E-state index is 0.0892. The topological polar surface area (TPSA) is 69.4 Å². The molecule has 0 bridgehead atoms. The Labute approximate surface area is 205 Å². The van der Waals surface area contributed by atoms with E-state index in [1.807, 2.05) is 51.3 Å². The molecule has 0 fully saturated rings. The third kappa shape index (κ3) is 4.69. The first-order valence-electron chi connectivity index (χ1n) is 11.5. The molecule has 0 saturated carbocycles. The van der Waals surface area contributed by atoms with E-state index in [0.29, 0.717) is 5.82 Å². The number of nitrogens with zero attached hydrogens (tertiary/aromatic N) is 4. The summed E-state index contributed by atoms with van der Waals surface area (Å²) in [6.45, 7) is 13.8. The van der Waals surface area contributed by atoms with Crippen LogP contribution in [0.5, 0.6) is 0 Å². The standard InChI is InChI=1S/C27H30N4O2S/c1-8-9-10-19-11-13-20(14-12-19)24-23-16(2)17(3)34-26(23)31-18(4)29-30-25(31)21(28-24)15-22(32)33-27(5,6)7/h11-14,21H,8,15H2,1-7H3/t21-/m0/s1. The van der Waals surface area contributed by atoms with Crippen LogP contribution in [0.2, 0.25) is 0 Å². The number of carbonyl (C=O) groups excluding carboxylic acids is 1. The van der Waals surface area contributed by atoms with E-state index < -0.39 is 11.6 Å². The third-order valence-corrected chi connectivity index (χ3v) is 6.78. The van der Waals surface area contributed by atoms with Gasteiger partial charge in [-0.05, 0) is 59.2 Å². The van der Waals surface area contributed by atoms with Crippen molar-refractivity contribution in [2.24, 2.45) is 4.99 Å². The highest BCUT2D eigenvalue weighted by atomic mass is 32.1. The smallest absolute Gasteiger partial charge is 0.308 e. The van der Waals surface area contributed by atoms with E-state index in [1.54, 1.807) is 11.3 Å². The number of aryl methyl sites for hydroxylation is 2. The lowest BCUT2D eigenvalue weighted by Crippen LogP contribution is -2.25. The first-order valence-corrected chi connectivity index (χ1v) is 12.3. The molecule has 3 heterocycles. The summed E-state index contributed by atoms with van der Waals surface area (Å²) in [5.74, 6) is 7.41. The maximum absolute atomic E-state index is 12.8. The average molecular weight is 475 g/mol. The van der Waals surface area contributed by atoms with Gasteiger partial charge in [-0.2, -0.15) is 0 Å². The number of carbonyl (C=O) groups is 1. The number of fused-ring (bicyclic) bond motifs is 3. The summed E-state index contributed by atoms with van der Waals surface area (Å²) < 4.78 is 7.67. The first kappa shape index (κ1) is 23.9. The number of benzene rings is 1. The van der Waals surface area contributed by atoms with Crippen LogP contribution in [0.25, 0.3) is 5.00 Å². The van der Waals surface area contributed by atoms with Gasteiger partial charge < -0.3 is 4.74 Å². The zero-order valence-corrected chi connectivity index (χ0v) is 21.6. The highest BCUT2D eigenvalue weighted by Crippen LogP contribution is 2.39. The molecule has 2 aromatic heterocycles. The van der Waals surface area contributed by atoms with Crippen LogP contribution < -0.4 is 0 Å². The normalized spacial score (nSPS) is 14.9. The van der Waals surface area contributed by atoms with E-state index in [0.717, 1.165) is 39.6 Å². The van der Waals surface area contributed by atoms with Crippen LogP contribution in [0, 0.1) is 32.6 Å². The fourth-order valence-electron chi connectivity index (χ4n) is 3.97. The SMILES string of the molecule is CCC#Cc1ccc(C2=N[C@@H](CC(=O)OC(C)(C)C)c3nnc(C)n3-c3sc(C)c(C)c32)cc1. The molecule has 0 N–H and O–H groups in total. The third-order valence-electron chi connectivity index (χ3n) is 5.59. The van der Waals surface area contributed by atoms with Crippen molar-refractivity contribution in [3.8, 4) is 16.8 Å². The summed E-state index contributed by atoms with van der Waals surface area (Å²) >= 11 is 1.70. The maximum atomic E-state index is 12.8. The molecular weight excluding hydrogens is 444 g/mol. The highest BCUT2D eigenvalue weighted by molar-refractivity contribution is 7.15. The van der Waals surface area contributed by atoms with Crippen LogP contribution in [0.3, 0.4) is 0 Å². The molecule has 0 amide bonds. The lowest BCUT2D eigenvalue weighted by molar-refractivity contribution is -0.155. The number of aromatic nitrogens is 3. The summed E-state index contributed by atoms with van der Waals surface area (Å²) in [5, 5.41) is 9.81. The second kappa shape index (κ2) is 9.19. The van der Waals surface area contributed by atoms with Crippen molar-refractivity contribution in [3.63, 3.8) is 0 Å². The molecule has 4 rings (SSSR count). The predicted octanol–water partition coefficient (Wildman–Crippen LogP) is 5.64. The largest absolute Gasteiger partial charge is 0.460 e. The second-order valence-corrected chi connectivity index (χ2v) is 10.6. The summed E-state index contributed by atoms with van der Waals surface area (Å²) in [5.41, 5.74) is 4.47. The fraction of sp³-hybridized carbons (Fsp3) is 0.407. The quantitative estimate of drug-likeness (QED) is 0.364. The van der Waals surface area contributed by atoms with Gasteiger partial charge in [-0.15, -0.1) is 21.5 Å². The molecule has 0 unspecified atom stereocenters. The summed E-state index contributed by atoms with van der Waals surface area (Å²) in [6.07, 6.45) is 0.905. The van der Waals surface area contributed by atoms with Gasteiger partial charge in [-0.1, -0.05) is 30.9 Å². The molecule has 0 spiro atoms. The zero-order valence-electron chi connectivity index (χ0n) is 20.8. The van der Waals surface area contributed by atoms with Crippen molar-refractivity contribution in [1.29, 1.82) is 0 Å².